The Balaban J connectivity index is 1.81. The lowest BCUT2D eigenvalue weighted by molar-refractivity contribution is 0.302. The summed E-state index contributed by atoms with van der Waals surface area (Å²) in [5.74, 6) is 0. The molecule has 1 aromatic rings. The second kappa shape index (κ2) is 5.18. The van der Waals surface area contributed by atoms with Crippen LogP contribution in [0.3, 0.4) is 0 Å². The van der Waals surface area contributed by atoms with Crippen molar-refractivity contribution in [2.24, 2.45) is 5.73 Å². The van der Waals surface area contributed by atoms with Crippen molar-refractivity contribution in [3.63, 3.8) is 0 Å². The van der Waals surface area contributed by atoms with Gasteiger partial charge in [-0.3, -0.25) is 0 Å². The summed E-state index contributed by atoms with van der Waals surface area (Å²) in [7, 11) is 0. The first kappa shape index (κ1) is 13.0. The van der Waals surface area contributed by atoms with Gasteiger partial charge in [0.2, 0.25) is 0 Å². The van der Waals surface area contributed by atoms with Crippen molar-refractivity contribution in [3.05, 3.63) is 28.2 Å². The molecule has 2 saturated carbocycles. The molecule has 0 amide bonds. The second-order valence-corrected chi connectivity index (χ2v) is 7.88. The topological polar surface area (TPSA) is 26.0 Å². The number of thioether (sulfide) groups is 1. The molecule has 0 atom stereocenters. The highest BCUT2D eigenvalue weighted by Gasteiger charge is 2.30. The van der Waals surface area contributed by atoms with Crippen LogP contribution in [-0.4, -0.2) is 5.25 Å². The molecule has 2 fully saturated rings. The lowest BCUT2D eigenvalue weighted by Gasteiger charge is -2.34. The fourth-order valence-electron chi connectivity index (χ4n) is 2.74. The molecular weight excluding hydrogens is 306 g/mol. The van der Waals surface area contributed by atoms with E-state index in [0.717, 1.165) is 18.1 Å². The third-order valence-corrected chi connectivity index (χ3v) is 6.40. The van der Waals surface area contributed by atoms with Crippen LogP contribution in [-0.2, 0) is 5.54 Å². The first-order valence-corrected chi connectivity index (χ1v) is 8.60. The van der Waals surface area contributed by atoms with Crippen molar-refractivity contribution >= 4 is 27.7 Å². The lowest BCUT2D eigenvalue weighted by Crippen LogP contribution is -2.38. The summed E-state index contributed by atoms with van der Waals surface area (Å²) in [5.41, 5.74) is 7.82. The van der Waals surface area contributed by atoms with Crippen molar-refractivity contribution in [3.8, 4) is 0 Å². The van der Waals surface area contributed by atoms with Crippen molar-refractivity contribution in [1.82, 2.24) is 0 Å². The number of benzene rings is 1. The molecule has 0 heterocycles. The van der Waals surface area contributed by atoms with Crippen LogP contribution in [0.25, 0.3) is 0 Å². The van der Waals surface area contributed by atoms with E-state index >= 15 is 0 Å². The Bertz CT molecular complexity index is 436. The number of hydrogen-bond donors (Lipinski definition) is 1. The monoisotopic (exact) mass is 325 g/mol. The van der Waals surface area contributed by atoms with Gasteiger partial charge in [0.1, 0.15) is 0 Å². The van der Waals surface area contributed by atoms with Gasteiger partial charge >= 0.3 is 0 Å². The molecule has 0 aromatic heterocycles. The SMILES string of the molecule is NC1(c2ccc(SC3CC3)c(Br)c2)CCCCC1. The summed E-state index contributed by atoms with van der Waals surface area (Å²) < 4.78 is 1.23. The van der Waals surface area contributed by atoms with E-state index in [9.17, 15) is 0 Å². The summed E-state index contributed by atoms with van der Waals surface area (Å²) in [4.78, 5) is 1.38. The van der Waals surface area contributed by atoms with Crippen molar-refractivity contribution < 1.29 is 0 Å². The molecule has 1 aromatic carbocycles. The predicted octanol–water partition coefficient (Wildman–Crippen LogP) is 4.82. The normalized spacial score (nSPS) is 23.0. The van der Waals surface area contributed by atoms with Crippen molar-refractivity contribution in [2.75, 3.05) is 0 Å². The van der Waals surface area contributed by atoms with Crippen LogP contribution in [0.4, 0.5) is 0 Å². The maximum Gasteiger partial charge on any atom is 0.0410 e. The highest BCUT2D eigenvalue weighted by Crippen LogP contribution is 2.43. The largest absolute Gasteiger partial charge is 0.321 e. The molecule has 2 aliphatic carbocycles. The fourth-order valence-corrected chi connectivity index (χ4v) is 4.45. The van der Waals surface area contributed by atoms with Crippen molar-refractivity contribution in [1.29, 1.82) is 0 Å². The van der Waals surface area contributed by atoms with Crippen LogP contribution in [0.2, 0.25) is 0 Å². The maximum atomic E-state index is 6.59. The van der Waals surface area contributed by atoms with Crippen molar-refractivity contribution in [2.45, 2.75) is 60.6 Å². The number of rotatable bonds is 3. The Morgan fingerprint density at radius 1 is 1.17 bits per heavy atom. The van der Waals surface area contributed by atoms with E-state index in [1.165, 1.54) is 47.0 Å². The molecule has 18 heavy (non-hydrogen) atoms. The van der Waals surface area contributed by atoms with Gasteiger partial charge in [-0.25, -0.2) is 0 Å². The highest BCUT2D eigenvalue weighted by atomic mass is 79.9. The quantitative estimate of drug-likeness (QED) is 0.861. The average Bonchev–Trinajstić information content (AvgIpc) is 3.17. The average molecular weight is 326 g/mol. The first-order valence-electron chi connectivity index (χ1n) is 6.93. The summed E-state index contributed by atoms with van der Waals surface area (Å²) >= 11 is 5.72. The Hall–Kier alpha value is 0.01000. The van der Waals surface area contributed by atoms with Gasteiger partial charge in [-0.05, 0) is 59.3 Å². The Kier molecular flexibility index (Phi) is 3.75. The van der Waals surface area contributed by atoms with E-state index in [1.54, 1.807) is 0 Å². The minimum atomic E-state index is -0.0798. The van der Waals surface area contributed by atoms with Gasteiger partial charge in [-0.15, -0.1) is 11.8 Å². The lowest BCUT2D eigenvalue weighted by atomic mass is 9.77. The van der Waals surface area contributed by atoms with E-state index in [2.05, 4.69) is 34.1 Å². The van der Waals surface area contributed by atoms with Crippen LogP contribution in [0.1, 0.15) is 50.5 Å². The Labute approximate surface area is 122 Å². The van der Waals surface area contributed by atoms with Crippen LogP contribution >= 0.6 is 27.7 Å². The predicted molar refractivity (Wildman–Crippen MR) is 82.0 cm³/mol. The van der Waals surface area contributed by atoms with E-state index in [1.807, 2.05) is 11.8 Å². The van der Waals surface area contributed by atoms with E-state index in [0.29, 0.717) is 0 Å². The Morgan fingerprint density at radius 2 is 1.89 bits per heavy atom. The smallest absolute Gasteiger partial charge is 0.0410 e. The zero-order chi connectivity index (χ0) is 12.6. The molecule has 0 saturated heterocycles. The highest BCUT2D eigenvalue weighted by molar-refractivity contribution is 9.10. The number of halogens is 1. The third kappa shape index (κ3) is 2.78. The standard InChI is InChI=1S/C15H20BrNS/c16-13-10-11(15(17)8-2-1-3-9-15)4-7-14(13)18-12-5-6-12/h4,7,10,12H,1-3,5-6,8-9,17H2. The molecule has 0 unspecified atom stereocenters. The molecule has 3 heteroatoms. The molecule has 1 nitrogen and oxygen atoms in total. The molecule has 3 rings (SSSR count). The molecule has 2 N–H and O–H groups in total. The van der Waals surface area contributed by atoms with Gasteiger partial charge in [-0.1, -0.05) is 25.3 Å². The van der Waals surface area contributed by atoms with Gasteiger partial charge in [-0.2, -0.15) is 0 Å². The zero-order valence-corrected chi connectivity index (χ0v) is 13.0. The number of hydrogen-bond acceptors (Lipinski definition) is 2. The first-order chi connectivity index (χ1) is 8.67. The molecule has 0 radical (unpaired) electrons. The molecular formula is C15H20BrNS. The zero-order valence-electron chi connectivity index (χ0n) is 10.6. The van der Waals surface area contributed by atoms with E-state index in [4.69, 9.17) is 5.73 Å². The molecule has 2 aliphatic rings. The van der Waals surface area contributed by atoms with E-state index < -0.39 is 0 Å². The van der Waals surface area contributed by atoms with E-state index in [-0.39, 0.29) is 5.54 Å². The summed E-state index contributed by atoms with van der Waals surface area (Å²) in [6.07, 6.45) is 8.90. The summed E-state index contributed by atoms with van der Waals surface area (Å²) in [6.45, 7) is 0. The molecule has 0 spiro atoms. The van der Waals surface area contributed by atoms with Gasteiger partial charge in [0.15, 0.2) is 0 Å². The molecule has 0 aliphatic heterocycles. The third-order valence-electron chi connectivity index (χ3n) is 4.07. The Morgan fingerprint density at radius 3 is 2.50 bits per heavy atom. The van der Waals surface area contributed by atoms with Crippen LogP contribution in [0.5, 0.6) is 0 Å². The maximum absolute atomic E-state index is 6.59. The second-order valence-electron chi connectivity index (χ2n) is 5.68. The fraction of sp³-hybridized carbons (Fsp3) is 0.600. The van der Waals surface area contributed by atoms with Crippen LogP contribution in [0, 0.1) is 0 Å². The summed E-state index contributed by atoms with van der Waals surface area (Å²) in [6, 6.07) is 6.77. The van der Waals surface area contributed by atoms with Gasteiger partial charge in [0, 0.05) is 20.2 Å². The molecule has 0 bridgehead atoms. The van der Waals surface area contributed by atoms with Crippen LogP contribution in [0.15, 0.2) is 27.6 Å². The minimum Gasteiger partial charge on any atom is -0.321 e. The van der Waals surface area contributed by atoms with Crippen LogP contribution < -0.4 is 5.73 Å². The summed E-state index contributed by atoms with van der Waals surface area (Å²) in [5, 5.41) is 0.855. The molecule has 98 valence electrons. The minimum absolute atomic E-state index is 0.0798. The number of nitrogens with two attached hydrogens (primary N) is 1. The van der Waals surface area contributed by atoms with Gasteiger partial charge in [0.25, 0.3) is 0 Å². The van der Waals surface area contributed by atoms with Gasteiger partial charge < -0.3 is 5.73 Å². The van der Waals surface area contributed by atoms with Gasteiger partial charge in [0.05, 0.1) is 0 Å².